The molecule has 19 heavy (non-hydrogen) atoms. The lowest BCUT2D eigenvalue weighted by atomic mass is 10.1. The van der Waals surface area contributed by atoms with Crippen LogP contribution in [0.3, 0.4) is 0 Å². The van der Waals surface area contributed by atoms with E-state index in [2.05, 4.69) is 21.2 Å². The van der Waals surface area contributed by atoms with Gasteiger partial charge in [-0.15, -0.1) is 0 Å². The van der Waals surface area contributed by atoms with Crippen molar-refractivity contribution >= 4 is 22.3 Å². The zero-order chi connectivity index (χ0) is 14.4. The monoisotopic (exact) mass is 327 g/mol. The molecule has 0 fully saturated rings. The summed E-state index contributed by atoms with van der Waals surface area (Å²) in [7, 11) is 0. The molecule has 3 nitrogen and oxygen atoms in total. The van der Waals surface area contributed by atoms with E-state index in [4.69, 9.17) is 4.74 Å². The average molecular weight is 328 g/mol. The molecule has 0 heterocycles. The van der Waals surface area contributed by atoms with Crippen molar-refractivity contribution < 1.29 is 13.9 Å². The van der Waals surface area contributed by atoms with Crippen molar-refractivity contribution in [2.75, 3.05) is 0 Å². The third kappa shape index (κ3) is 4.21. The summed E-state index contributed by atoms with van der Waals surface area (Å²) in [4.78, 5) is 10.4. The Kier molecular flexibility index (Phi) is 5.76. The molecule has 102 valence electrons. The molecule has 0 atom stereocenters. The third-order valence-corrected chi connectivity index (χ3v) is 3.26. The van der Waals surface area contributed by atoms with E-state index in [1.807, 2.05) is 6.92 Å². The van der Waals surface area contributed by atoms with Crippen LogP contribution in [-0.4, -0.2) is 6.41 Å². The molecule has 1 aromatic carbocycles. The van der Waals surface area contributed by atoms with Gasteiger partial charge < -0.3 is 10.1 Å². The number of amides is 1. The summed E-state index contributed by atoms with van der Waals surface area (Å²) < 4.78 is 19.7. The number of nitrogens with one attached hydrogen (secondary N) is 1. The van der Waals surface area contributed by atoms with Crippen LogP contribution in [0.1, 0.15) is 18.1 Å². The van der Waals surface area contributed by atoms with Crippen LogP contribution in [0.4, 0.5) is 4.39 Å². The third-order valence-electron chi connectivity index (χ3n) is 2.41. The van der Waals surface area contributed by atoms with Gasteiger partial charge in [0.1, 0.15) is 11.6 Å². The lowest BCUT2D eigenvalue weighted by Gasteiger charge is -2.14. The fourth-order valence-electron chi connectivity index (χ4n) is 1.57. The number of carbonyl (C=O) groups excluding carboxylic acids is 1. The molecule has 0 aliphatic heterocycles. The quantitative estimate of drug-likeness (QED) is 0.508. The van der Waals surface area contributed by atoms with E-state index in [9.17, 15) is 9.18 Å². The first-order valence-electron chi connectivity index (χ1n) is 5.66. The largest absolute Gasteiger partial charge is 0.454 e. The molecule has 1 aromatic rings. The van der Waals surface area contributed by atoms with Crippen LogP contribution in [0.25, 0.3) is 0 Å². The van der Waals surface area contributed by atoms with E-state index >= 15 is 0 Å². The second-order valence-electron chi connectivity index (χ2n) is 3.90. The number of carbonyl (C=O) groups is 1. The van der Waals surface area contributed by atoms with E-state index in [-0.39, 0.29) is 5.82 Å². The minimum Gasteiger partial charge on any atom is -0.454 e. The van der Waals surface area contributed by atoms with Crippen molar-refractivity contribution in [3.8, 4) is 5.75 Å². The summed E-state index contributed by atoms with van der Waals surface area (Å²) in [5.74, 6) is 0.704. The van der Waals surface area contributed by atoms with Gasteiger partial charge in [-0.3, -0.25) is 4.79 Å². The zero-order valence-corrected chi connectivity index (χ0v) is 12.5. The highest BCUT2D eigenvalue weighted by Gasteiger charge is 2.11. The van der Waals surface area contributed by atoms with Crippen LogP contribution in [0.2, 0.25) is 0 Å². The molecule has 0 spiro atoms. The molecule has 1 rings (SSSR count). The Morgan fingerprint density at radius 2 is 1.95 bits per heavy atom. The van der Waals surface area contributed by atoms with Crippen LogP contribution >= 0.6 is 15.9 Å². The summed E-state index contributed by atoms with van der Waals surface area (Å²) in [6, 6.07) is 2.80. The lowest BCUT2D eigenvalue weighted by Crippen LogP contribution is -2.07. The second-order valence-corrected chi connectivity index (χ2v) is 4.75. The van der Waals surface area contributed by atoms with E-state index in [1.165, 1.54) is 18.3 Å². The van der Waals surface area contributed by atoms with Gasteiger partial charge in [-0.05, 0) is 60.0 Å². The van der Waals surface area contributed by atoms with Crippen molar-refractivity contribution in [1.29, 1.82) is 0 Å². The number of hydrogen-bond donors (Lipinski definition) is 1. The fourth-order valence-corrected chi connectivity index (χ4v) is 1.76. The highest BCUT2D eigenvalue weighted by molar-refractivity contribution is 9.11. The number of hydrogen-bond acceptors (Lipinski definition) is 2. The Labute approximate surface area is 120 Å². The van der Waals surface area contributed by atoms with Gasteiger partial charge in [-0.1, -0.05) is 6.08 Å². The van der Waals surface area contributed by atoms with Gasteiger partial charge in [0.05, 0.1) is 4.48 Å². The van der Waals surface area contributed by atoms with Gasteiger partial charge in [-0.2, -0.15) is 0 Å². The van der Waals surface area contributed by atoms with Gasteiger partial charge in [-0.25, -0.2) is 4.39 Å². The molecule has 1 N–H and O–H groups in total. The Bertz CT molecular complexity index is 515. The Morgan fingerprint density at radius 1 is 1.37 bits per heavy atom. The molecule has 0 radical (unpaired) electrons. The first-order valence-corrected chi connectivity index (χ1v) is 6.45. The summed E-state index contributed by atoms with van der Waals surface area (Å²) in [5, 5.41) is 2.42. The Morgan fingerprint density at radius 3 is 2.42 bits per heavy atom. The highest BCUT2D eigenvalue weighted by atomic mass is 79.9. The minimum absolute atomic E-state index is 0.302. The number of ether oxygens (including phenoxy) is 1. The van der Waals surface area contributed by atoms with Gasteiger partial charge in [0.15, 0.2) is 5.76 Å². The van der Waals surface area contributed by atoms with Crippen molar-refractivity contribution in [1.82, 2.24) is 5.32 Å². The van der Waals surface area contributed by atoms with Crippen LogP contribution < -0.4 is 10.1 Å². The molecule has 0 aliphatic carbocycles. The van der Waals surface area contributed by atoms with Crippen molar-refractivity contribution in [3.05, 3.63) is 51.6 Å². The van der Waals surface area contributed by atoms with Crippen molar-refractivity contribution in [2.45, 2.75) is 20.8 Å². The molecule has 0 saturated carbocycles. The van der Waals surface area contributed by atoms with Crippen molar-refractivity contribution in [3.63, 3.8) is 0 Å². The molecule has 0 bridgehead atoms. The molecular formula is C14H15BrFNO2. The van der Waals surface area contributed by atoms with Crippen LogP contribution in [0.5, 0.6) is 5.75 Å². The van der Waals surface area contributed by atoms with Crippen LogP contribution in [0, 0.1) is 19.7 Å². The first kappa shape index (κ1) is 15.4. The first-order chi connectivity index (χ1) is 8.99. The second kappa shape index (κ2) is 7.09. The summed E-state index contributed by atoms with van der Waals surface area (Å²) >= 11 is 3.33. The molecule has 0 aliphatic rings. The number of halogens is 2. The molecule has 0 unspecified atom stereocenters. The fraction of sp³-hybridized carbons (Fsp3) is 0.214. The summed E-state index contributed by atoms with van der Waals surface area (Å²) in [6.45, 7) is 5.35. The maximum Gasteiger partial charge on any atom is 0.211 e. The molecule has 0 saturated heterocycles. The lowest BCUT2D eigenvalue weighted by molar-refractivity contribution is -0.108. The number of rotatable bonds is 5. The predicted octanol–water partition coefficient (Wildman–Crippen LogP) is 3.71. The van der Waals surface area contributed by atoms with E-state index in [0.717, 1.165) is 0 Å². The molecular weight excluding hydrogens is 313 g/mol. The maximum atomic E-state index is 13.2. The van der Waals surface area contributed by atoms with Crippen molar-refractivity contribution in [2.24, 2.45) is 0 Å². The average Bonchev–Trinajstić information content (AvgIpc) is 2.36. The SMILES string of the molecule is C/C=C(Br)\C(=C/NC=O)Oc1c(C)cc(F)cc1C. The zero-order valence-electron chi connectivity index (χ0n) is 11.0. The molecule has 5 heteroatoms. The predicted molar refractivity (Wildman–Crippen MR) is 76.5 cm³/mol. The van der Waals surface area contributed by atoms with Crippen LogP contribution in [-0.2, 0) is 4.79 Å². The number of aryl methyl sites for hydroxylation is 2. The number of benzene rings is 1. The maximum absolute atomic E-state index is 13.2. The highest BCUT2D eigenvalue weighted by Crippen LogP contribution is 2.29. The van der Waals surface area contributed by atoms with E-state index in [1.54, 1.807) is 19.9 Å². The normalized spacial score (nSPS) is 12.3. The summed E-state index contributed by atoms with van der Waals surface area (Å²) in [6.07, 6.45) is 3.76. The van der Waals surface area contributed by atoms with Gasteiger partial charge >= 0.3 is 0 Å². The van der Waals surface area contributed by atoms with Crippen LogP contribution in [0.15, 0.2) is 34.7 Å². The molecule has 0 aromatic heterocycles. The topological polar surface area (TPSA) is 38.3 Å². The standard InChI is InChI=1S/C14H15BrFNO2/c1-4-12(15)13(7-17-8-18)19-14-9(2)5-11(16)6-10(14)3/h4-8H,1-3H3,(H,17,18)/b12-4+,13-7+. The van der Waals surface area contributed by atoms with Gasteiger partial charge in [0, 0.05) is 6.20 Å². The number of allylic oxidation sites excluding steroid dienone is 2. The Hall–Kier alpha value is -1.62. The summed E-state index contributed by atoms with van der Waals surface area (Å²) in [5.41, 5.74) is 1.37. The Balaban J connectivity index is 3.14. The van der Waals surface area contributed by atoms with Gasteiger partial charge in [0.25, 0.3) is 0 Å². The van der Waals surface area contributed by atoms with E-state index in [0.29, 0.717) is 33.5 Å². The smallest absolute Gasteiger partial charge is 0.211 e. The molecule has 1 amide bonds. The minimum atomic E-state index is -0.302. The van der Waals surface area contributed by atoms with E-state index < -0.39 is 0 Å². The van der Waals surface area contributed by atoms with Gasteiger partial charge in [0.2, 0.25) is 6.41 Å².